The molecule has 0 saturated heterocycles. The topological polar surface area (TPSA) is 0 Å². The summed E-state index contributed by atoms with van der Waals surface area (Å²) in [5, 5.41) is 5.50. The smallest absolute Gasteiger partial charge is 1.00 e. The van der Waals surface area contributed by atoms with Crippen molar-refractivity contribution >= 4 is 21.5 Å². The van der Waals surface area contributed by atoms with Crippen LogP contribution in [0.5, 0.6) is 0 Å². The minimum absolute atomic E-state index is 0. The van der Waals surface area contributed by atoms with E-state index in [2.05, 4.69) is 222 Å². The fourth-order valence-electron chi connectivity index (χ4n) is 7.57. The molecule has 0 aromatic heterocycles. The Balaban J connectivity index is 0.000000538. The van der Waals surface area contributed by atoms with Crippen LogP contribution in [0.25, 0.3) is 43.8 Å². The van der Waals surface area contributed by atoms with Gasteiger partial charge in [0.05, 0.1) is 0 Å². The number of hydrogen-bond donors (Lipinski definition) is 0. The molecule has 3 heteroatoms. The molecular formula is C57H76Cl2Zr-4. The molecule has 0 heterocycles. The van der Waals surface area contributed by atoms with E-state index >= 15 is 0 Å². The van der Waals surface area contributed by atoms with E-state index in [1.165, 1.54) is 77.2 Å². The summed E-state index contributed by atoms with van der Waals surface area (Å²) in [6.45, 7) is 43.6. The Morgan fingerprint density at radius 2 is 0.717 bits per heavy atom. The second kappa shape index (κ2) is 22.3. The fourth-order valence-corrected chi connectivity index (χ4v) is 7.57. The predicted octanol–water partition coefficient (Wildman–Crippen LogP) is 11.1. The molecule has 6 aromatic carbocycles. The van der Waals surface area contributed by atoms with E-state index in [1.807, 2.05) is 0 Å². The summed E-state index contributed by atoms with van der Waals surface area (Å²) in [6, 6.07) is 37.5. The van der Waals surface area contributed by atoms with E-state index in [4.69, 9.17) is 0 Å². The molecule has 0 aliphatic carbocycles. The zero-order valence-electron chi connectivity index (χ0n) is 40.2. The third kappa shape index (κ3) is 14.8. The molecule has 0 unspecified atom stereocenters. The second-order valence-electron chi connectivity index (χ2n) is 21.5. The molecule has 0 amide bonds. The van der Waals surface area contributed by atoms with Crippen LogP contribution < -0.4 is 24.8 Å². The molecule has 0 nitrogen and oxygen atoms in total. The van der Waals surface area contributed by atoms with Crippen LogP contribution in [0.1, 0.15) is 151 Å². The van der Waals surface area contributed by atoms with Gasteiger partial charge in [0.2, 0.25) is 0 Å². The van der Waals surface area contributed by atoms with Crippen LogP contribution in [0.4, 0.5) is 0 Å². The summed E-state index contributed by atoms with van der Waals surface area (Å²) < 4.78 is 0. The summed E-state index contributed by atoms with van der Waals surface area (Å²) in [4.78, 5) is 0. The fraction of sp³-hybridized carbons (Fsp3) is 0.439. The first-order valence-electron chi connectivity index (χ1n) is 21.6. The van der Waals surface area contributed by atoms with E-state index in [0.29, 0.717) is 11.8 Å². The SMILES string of the molecule is CC(C)Cc1cc2c(-c3cc(C(C)(C)C)cc(C(C)(C)C)c3)cccc2[cH-]1.CC(C)Cc1cc2c(-c3cc(C(C)(C)C)cc(C(C)(C)C)c3)cccc2[cH-]1.[CH2-]C[CH2-].[Cl-].[Cl-].[Zr+2]. The van der Waals surface area contributed by atoms with Gasteiger partial charge in [0.25, 0.3) is 0 Å². The van der Waals surface area contributed by atoms with E-state index in [1.54, 1.807) is 0 Å². The number of fused-ring (bicyclic) bond motifs is 2. The van der Waals surface area contributed by atoms with Crippen molar-refractivity contribution in [1.82, 2.24) is 0 Å². The molecule has 6 aromatic rings. The maximum Gasteiger partial charge on any atom is 2.00 e. The number of hydrogen-bond acceptors (Lipinski definition) is 0. The Morgan fingerprint density at radius 1 is 0.450 bits per heavy atom. The molecular weight excluding hydrogens is 847 g/mol. The van der Waals surface area contributed by atoms with E-state index in [9.17, 15) is 0 Å². The van der Waals surface area contributed by atoms with Crippen LogP contribution >= 0.6 is 0 Å². The van der Waals surface area contributed by atoms with Crippen molar-refractivity contribution in [3.63, 3.8) is 0 Å². The molecule has 0 fully saturated rings. The summed E-state index contributed by atoms with van der Waals surface area (Å²) >= 11 is 0. The van der Waals surface area contributed by atoms with Crippen molar-refractivity contribution in [2.45, 2.75) is 152 Å². The van der Waals surface area contributed by atoms with Crippen molar-refractivity contribution in [3.05, 3.63) is 144 Å². The van der Waals surface area contributed by atoms with Gasteiger partial charge < -0.3 is 45.1 Å². The van der Waals surface area contributed by atoms with Gasteiger partial charge in [-0.3, -0.25) is 0 Å². The molecule has 0 aliphatic rings. The van der Waals surface area contributed by atoms with Crippen LogP contribution in [0.15, 0.2) is 97.1 Å². The maximum atomic E-state index is 3.38. The zero-order valence-corrected chi connectivity index (χ0v) is 44.2. The first kappa shape index (κ1) is 55.6. The molecule has 0 bridgehead atoms. The van der Waals surface area contributed by atoms with Gasteiger partial charge in [0.15, 0.2) is 0 Å². The van der Waals surface area contributed by atoms with E-state index in [0.717, 1.165) is 19.3 Å². The number of rotatable bonds is 6. The standard InChI is InChI=1S/2C27H35.C3H6.2ClH.Zr/c2*1-18(2)12-19-13-20-10-9-11-24(25(20)14-19)21-15-22(26(3,4)5)17-23(16-21)27(6,7)8;1-3-2;;;/h2*9-11,13-18H,12H2,1-8H3;1-3H2;2*1H;/q2*-1;-2;;;+2/p-2. The monoisotopic (exact) mass is 920 g/mol. The van der Waals surface area contributed by atoms with Gasteiger partial charge in [0, 0.05) is 0 Å². The average Bonchev–Trinajstić information content (AvgIpc) is 3.69. The van der Waals surface area contributed by atoms with Crippen LogP contribution in [0, 0.1) is 25.7 Å². The van der Waals surface area contributed by atoms with Crippen LogP contribution in [-0.4, -0.2) is 0 Å². The Labute approximate surface area is 399 Å². The molecule has 0 saturated carbocycles. The van der Waals surface area contributed by atoms with Crippen molar-refractivity contribution in [2.75, 3.05) is 0 Å². The normalized spacial score (nSPS) is 11.9. The molecule has 0 aliphatic heterocycles. The van der Waals surface area contributed by atoms with Crippen molar-refractivity contribution in [2.24, 2.45) is 11.8 Å². The molecule has 0 atom stereocenters. The minimum atomic E-state index is 0. The van der Waals surface area contributed by atoms with Gasteiger partial charge in [0.1, 0.15) is 0 Å². The Kier molecular flexibility index (Phi) is 20.6. The van der Waals surface area contributed by atoms with Crippen LogP contribution in [-0.2, 0) is 60.7 Å². The third-order valence-electron chi connectivity index (χ3n) is 10.9. The van der Waals surface area contributed by atoms with Crippen molar-refractivity contribution < 1.29 is 51.0 Å². The van der Waals surface area contributed by atoms with Crippen molar-refractivity contribution in [1.29, 1.82) is 0 Å². The maximum absolute atomic E-state index is 3.38. The Hall–Kier alpha value is -2.44. The Morgan fingerprint density at radius 3 is 0.950 bits per heavy atom. The van der Waals surface area contributed by atoms with Gasteiger partial charge in [-0.2, -0.15) is 12.1 Å². The summed E-state index contributed by atoms with van der Waals surface area (Å²) in [6.07, 6.45) is 3.03. The van der Waals surface area contributed by atoms with Gasteiger partial charge in [-0.25, -0.2) is 0 Å². The van der Waals surface area contributed by atoms with Crippen LogP contribution in [0.2, 0.25) is 0 Å². The molecule has 6 rings (SSSR count). The number of benzene rings is 4. The van der Waals surface area contributed by atoms with Gasteiger partial charge in [-0.1, -0.05) is 170 Å². The van der Waals surface area contributed by atoms with Gasteiger partial charge in [-0.15, -0.1) is 69.1 Å². The molecule has 0 spiro atoms. The molecule has 0 radical (unpaired) electrons. The molecule has 60 heavy (non-hydrogen) atoms. The zero-order chi connectivity index (χ0) is 42.7. The quantitative estimate of drug-likeness (QED) is 0.146. The Bertz CT molecular complexity index is 2010. The van der Waals surface area contributed by atoms with E-state index in [-0.39, 0.29) is 72.7 Å². The summed E-state index contributed by atoms with van der Waals surface area (Å²) in [5.41, 5.74) is 14.5. The summed E-state index contributed by atoms with van der Waals surface area (Å²) in [7, 11) is 0. The van der Waals surface area contributed by atoms with Gasteiger partial charge >= 0.3 is 26.2 Å². The number of halogens is 2. The van der Waals surface area contributed by atoms with Crippen LogP contribution in [0.3, 0.4) is 0 Å². The van der Waals surface area contributed by atoms with Crippen molar-refractivity contribution in [3.8, 4) is 22.3 Å². The predicted molar refractivity (Wildman–Crippen MR) is 257 cm³/mol. The summed E-state index contributed by atoms with van der Waals surface area (Å²) in [5.74, 6) is 1.36. The first-order chi connectivity index (χ1) is 26.3. The van der Waals surface area contributed by atoms with Gasteiger partial charge in [-0.05, 0) is 79.7 Å². The first-order valence-corrected chi connectivity index (χ1v) is 21.6. The molecule has 0 N–H and O–H groups in total. The third-order valence-corrected chi connectivity index (χ3v) is 10.9. The second-order valence-corrected chi connectivity index (χ2v) is 21.5. The molecule has 326 valence electrons. The minimum Gasteiger partial charge on any atom is -1.00 e. The largest absolute Gasteiger partial charge is 2.00 e. The van der Waals surface area contributed by atoms with E-state index < -0.39 is 0 Å². The average molecular weight is 923 g/mol.